The molecule has 84 valence electrons. The summed E-state index contributed by atoms with van der Waals surface area (Å²) in [6.07, 6.45) is 0. The Kier molecular flexibility index (Phi) is 3.08. The second kappa shape index (κ2) is 4.36. The number of hydrogen-bond donors (Lipinski definition) is 1. The van der Waals surface area contributed by atoms with E-state index in [4.69, 9.17) is 5.73 Å². The van der Waals surface area contributed by atoms with Gasteiger partial charge in [-0.3, -0.25) is 0 Å². The molecule has 2 rings (SSSR count). The molecule has 0 saturated carbocycles. The van der Waals surface area contributed by atoms with Gasteiger partial charge in [0.05, 0.1) is 6.04 Å². The van der Waals surface area contributed by atoms with Gasteiger partial charge in [-0.2, -0.15) is 0 Å². The third-order valence-electron chi connectivity index (χ3n) is 2.72. The van der Waals surface area contributed by atoms with E-state index in [1.807, 2.05) is 31.4 Å². The van der Waals surface area contributed by atoms with Crippen molar-refractivity contribution < 1.29 is 4.39 Å². The van der Waals surface area contributed by atoms with E-state index >= 15 is 0 Å². The van der Waals surface area contributed by atoms with Crippen LogP contribution in [0.4, 0.5) is 4.39 Å². The zero-order valence-electron chi connectivity index (χ0n) is 9.33. The minimum atomic E-state index is -0.197. The highest BCUT2D eigenvalue weighted by molar-refractivity contribution is 7.10. The Bertz CT molecular complexity index is 468. The van der Waals surface area contributed by atoms with Gasteiger partial charge in [0.2, 0.25) is 0 Å². The van der Waals surface area contributed by atoms with Gasteiger partial charge in [0.25, 0.3) is 0 Å². The van der Waals surface area contributed by atoms with Crippen LogP contribution in [-0.2, 0) is 0 Å². The second-order valence-corrected chi connectivity index (χ2v) is 4.93. The van der Waals surface area contributed by atoms with Crippen molar-refractivity contribution in [2.24, 2.45) is 5.73 Å². The summed E-state index contributed by atoms with van der Waals surface area (Å²) in [6, 6.07) is 6.91. The lowest BCUT2D eigenvalue weighted by Crippen LogP contribution is -2.13. The number of aryl methyl sites for hydroxylation is 2. The first-order valence-electron chi connectivity index (χ1n) is 5.15. The summed E-state index contributed by atoms with van der Waals surface area (Å²) in [5.41, 5.74) is 9.06. The Morgan fingerprint density at radius 3 is 2.38 bits per heavy atom. The lowest BCUT2D eigenvalue weighted by Gasteiger charge is -2.16. The van der Waals surface area contributed by atoms with Crippen LogP contribution in [0.2, 0.25) is 0 Å². The molecule has 0 radical (unpaired) electrons. The molecule has 0 aliphatic rings. The summed E-state index contributed by atoms with van der Waals surface area (Å²) in [6.45, 7) is 3.80. The summed E-state index contributed by atoms with van der Waals surface area (Å²) in [5.74, 6) is -0.197. The molecule has 0 aliphatic heterocycles. The standard InChI is InChI=1S/C13H14FNS/c1-8-6-10(14)7-9(2)12(8)13(15)11-4-3-5-16-11/h3-7,13H,15H2,1-2H3. The first kappa shape index (κ1) is 11.3. The van der Waals surface area contributed by atoms with Crippen molar-refractivity contribution in [2.75, 3.05) is 0 Å². The monoisotopic (exact) mass is 235 g/mol. The fourth-order valence-corrected chi connectivity index (χ4v) is 2.76. The Morgan fingerprint density at radius 2 is 1.88 bits per heavy atom. The summed E-state index contributed by atoms with van der Waals surface area (Å²) < 4.78 is 13.2. The van der Waals surface area contributed by atoms with E-state index in [-0.39, 0.29) is 11.9 Å². The molecule has 0 saturated heterocycles. The molecule has 0 bridgehead atoms. The Labute approximate surface area is 98.7 Å². The molecule has 3 heteroatoms. The number of hydrogen-bond acceptors (Lipinski definition) is 2. The molecule has 1 atom stereocenters. The molecule has 1 aromatic heterocycles. The SMILES string of the molecule is Cc1cc(F)cc(C)c1C(N)c1cccs1. The van der Waals surface area contributed by atoms with E-state index in [1.54, 1.807) is 11.3 Å². The van der Waals surface area contributed by atoms with Crippen molar-refractivity contribution in [3.8, 4) is 0 Å². The molecule has 2 N–H and O–H groups in total. The smallest absolute Gasteiger partial charge is 0.123 e. The van der Waals surface area contributed by atoms with Crippen LogP contribution in [0.1, 0.15) is 27.6 Å². The number of thiophene rings is 1. The average molecular weight is 235 g/mol. The van der Waals surface area contributed by atoms with Crippen LogP contribution in [0.15, 0.2) is 29.6 Å². The van der Waals surface area contributed by atoms with Crippen LogP contribution in [0.25, 0.3) is 0 Å². The fraction of sp³-hybridized carbons (Fsp3) is 0.231. The summed E-state index contributed by atoms with van der Waals surface area (Å²) >= 11 is 1.63. The van der Waals surface area contributed by atoms with Crippen LogP contribution < -0.4 is 5.73 Å². The van der Waals surface area contributed by atoms with Gasteiger partial charge in [-0.1, -0.05) is 6.07 Å². The largest absolute Gasteiger partial charge is 0.320 e. The maximum atomic E-state index is 13.2. The van der Waals surface area contributed by atoms with Crippen molar-refractivity contribution in [3.05, 3.63) is 57.0 Å². The van der Waals surface area contributed by atoms with Crippen molar-refractivity contribution in [3.63, 3.8) is 0 Å². The van der Waals surface area contributed by atoms with E-state index < -0.39 is 0 Å². The molecule has 16 heavy (non-hydrogen) atoms. The fourth-order valence-electron chi connectivity index (χ4n) is 2.02. The van der Waals surface area contributed by atoms with Gasteiger partial charge in [-0.25, -0.2) is 4.39 Å². The van der Waals surface area contributed by atoms with Gasteiger partial charge in [-0.15, -0.1) is 11.3 Å². The van der Waals surface area contributed by atoms with Gasteiger partial charge in [0, 0.05) is 4.88 Å². The molecule has 1 unspecified atom stereocenters. The Morgan fingerprint density at radius 1 is 1.25 bits per heavy atom. The lowest BCUT2D eigenvalue weighted by atomic mass is 9.95. The molecule has 1 heterocycles. The van der Waals surface area contributed by atoms with Crippen molar-refractivity contribution in [1.29, 1.82) is 0 Å². The van der Waals surface area contributed by atoms with E-state index in [2.05, 4.69) is 0 Å². The van der Waals surface area contributed by atoms with Crippen LogP contribution in [0.5, 0.6) is 0 Å². The Balaban J connectivity index is 2.48. The number of rotatable bonds is 2. The van der Waals surface area contributed by atoms with Crippen molar-refractivity contribution in [2.45, 2.75) is 19.9 Å². The molecule has 0 fully saturated rings. The van der Waals surface area contributed by atoms with Gasteiger partial charge in [0.15, 0.2) is 0 Å². The molecular formula is C13H14FNS. The number of nitrogens with two attached hydrogens (primary N) is 1. The normalized spacial score (nSPS) is 12.8. The highest BCUT2D eigenvalue weighted by Crippen LogP contribution is 2.29. The zero-order valence-corrected chi connectivity index (χ0v) is 10.1. The highest BCUT2D eigenvalue weighted by Gasteiger charge is 2.15. The topological polar surface area (TPSA) is 26.0 Å². The van der Waals surface area contributed by atoms with Gasteiger partial charge < -0.3 is 5.73 Å². The quantitative estimate of drug-likeness (QED) is 0.846. The predicted octanol–water partition coefficient (Wildman–Crippen LogP) is 3.55. The number of benzene rings is 1. The maximum absolute atomic E-state index is 13.2. The third-order valence-corrected chi connectivity index (χ3v) is 3.67. The molecule has 0 spiro atoms. The van der Waals surface area contributed by atoms with Crippen molar-refractivity contribution >= 4 is 11.3 Å². The lowest BCUT2D eigenvalue weighted by molar-refractivity contribution is 0.623. The molecule has 0 aliphatic carbocycles. The number of halogens is 1. The van der Waals surface area contributed by atoms with Crippen LogP contribution >= 0.6 is 11.3 Å². The maximum Gasteiger partial charge on any atom is 0.123 e. The van der Waals surface area contributed by atoms with Crippen molar-refractivity contribution in [1.82, 2.24) is 0 Å². The molecule has 1 nitrogen and oxygen atoms in total. The first-order valence-corrected chi connectivity index (χ1v) is 6.03. The van der Waals surface area contributed by atoms with Crippen LogP contribution in [0, 0.1) is 19.7 Å². The highest BCUT2D eigenvalue weighted by atomic mass is 32.1. The first-order chi connectivity index (χ1) is 7.59. The van der Waals surface area contributed by atoms with E-state index in [1.165, 1.54) is 12.1 Å². The van der Waals surface area contributed by atoms with E-state index in [0.29, 0.717) is 0 Å². The van der Waals surface area contributed by atoms with Crippen LogP contribution in [0.3, 0.4) is 0 Å². The second-order valence-electron chi connectivity index (χ2n) is 3.95. The van der Waals surface area contributed by atoms with Crippen LogP contribution in [-0.4, -0.2) is 0 Å². The average Bonchev–Trinajstić information content (AvgIpc) is 2.67. The third kappa shape index (κ3) is 2.01. The summed E-state index contributed by atoms with van der Waals surface area (Å²) in [4.78, 5) is 1.11. The predicted molar refractivity (Wildman–Crippen MR) is 66.2 cm³/mol. The van der Waals surface area contributed by atoms with Gasteiger partial charge in [0.1, 0.15) is 5.82 Å². The minimum Gasteiger partial charge on any atom is -0.320 e. The van der Waals surface area contributed by atoms with E-state index in [9.17, 15) is 4.39 Å². The molecule has 1 aromatic carbocycles. The summed E-state index contributed by atoms with van der Waals surface area (Å²) in [7, 11) is 0. The Hall–Kier alpha value is -1.19. The molecule has 0 amide bonds. The van der Waals surface area contributed by atoms with E-state index in [0.717, 1.165) is 21.6 Å². The van der Waals surface area contributed by atoms with Gasteiger partial charge in [-0.05, 0) is 54.1 Å². The van der Waals surface area contributed by atoms with Gasteiger partial charge >= 0.3 is 0 Å². The minimum absolute atomic E-state index is 0.152. The molecular weight excluding hydrogens is 221 g/mol. The zero-order chi connectivity index (χ0) is 11.7. The summed E-state index contributed by atoms with van der Waals surface area (Å²) in [5, 5.41) is 2.00. The molecule has 2 aromatic rings.